The molecule has 0 fully saturated rings. The minimum absolute atomic E-state index is 0.246. The van der Waals surface area contributed by atoms with E-state index in [1.165, 1.54) is 12.1 Å². The van der Waals surface area contributed by atoms with Crippen molar-refractivity contribution >= 4 is 34.6 Å². The van der Waals surface area contributed by atoms with Crippen molar-refractivity contribution in [1.82, 2.24) is 5.32 Å². The van der Waals surface area contributed by atoms with E-state index in [1.807, 2.05) is 25.1 Å². The number of halogens is 2. The van der Waals surface area contributed by atoms with E-state index in [-0.39, 0.29) is 5.82 Å². The van der Waals surface area contributed by atoms with Crippen LogP contribution in [0.4, 0.5) is 10.1 Å². The van der Waals surface area contributed by atoms with Gasteiger partial charge in [0.15, 0.2) is 5.11 Å². The van der Waals surface area contributed by atoms with Gasteiger partial charge >= 0.3 is 0 Å². The summed E-state index contributed by atoms with van der Waals surface area (Å²) in [7, 11) is 0. The fourth-order valence-corrected chi connectivity index (χ4v) is 2.05. The molecule has 0 aliphatic heterocycles. The molecule has 2 aromatic carbocycles. The van der Waals surface area contributed by atoms with Crippen LogP contribution in [0.2, 0.25) is 5.02 Å². The van der Waals surface area contributed by atoms with E-state index in [2.05, 4.69) is 10.6 Å². The molecule has 0 bridgehead atoms. The Kier molecular flexibility index (Phi) is 4.93. The summed E-state index contributed by atoms with van der Waals surface area (Å²) in [6.45, 7) is 2.46. The molecular formula is C15H14ClFN2S. The molecule has 0 saturated heterocycles. The lowest BCUT2D eigenvalue weighted by atomic mass is 10.2. The summed E-state index contributed by atoms with van der Waals surface area (Å²) in [5, 5.41) is 7.35. The Morgan fingerprint density at radius 1 is 1.20 bits per heavy atom. The summed E-state index contributed by atoms with van der Waals surface area (Å²) in [4.78, 5) is 0. The zero-order valence-electron chi connectivity index (χ0n) is 10.9. The molecule has 0 aliphatic rings. The third-order valence-electron chi connectivity index (χ3n) is 2.88. The molecule has 20 heavy (non-hydrogen) atoms. The van der Waals surface area contributed by atoms with Gasteiger partial charge in [-0.1, -0.05) is 29.8 Å². The van der Waals surface area contributed by atoms with Crippen molar-refractivity contribution in [2.24, 2.45) is 0 Å². The molecule has 0 radical (unpaired) electrons. The van der Waals surface area contributed by atoms with Crippen LogP contribution in [-0.2, 0) is 6.54 Å². The number of hydrogen-bond donors (Lipinski definition) is 2. The highest BCUT2D eigenvalue weighted by molar-refractivity contribution is 7.80. The summed E-state index contributed by atoms with van der Waals surface area (Å²) >= 11 is 11.3. The van der Waals surface area contributed by atoms with E-state index in [0.29, 0.717) is 16.7 Å². The second-order valence-corrected chi connectivity index (χ2v) is 5.16. The van der Waals surface area contributed by atoms with Crippen molar-refractivity contribution in [3.63, 3.8) is 0 Å². The van der Waals surface area contributed by atoms with Gasteiger partial charge in [0, 0.05) is 17.3 Å². The number of anilines is 1. The van der Waals surface area contributed by atoms with Crippen LogP contribution in [-0.4, -0.2) is 5.11 Å². The first-order valence-corrected chi connectivity index (χ1v) is 6.89. The minimum Gasteiger partial charge on any atom is -0.358 e. The summed E-state index contributed by atoms with van der Waals surface area (Å²) in [5.74, 6) is -0.246. The Morgan fingerprint density at radius 2 is 1.90 bits per heavy atom. The Balaban J connectivity index is 1.92. The Labute approximate surface area is 128 Å². The van der Waals surface area contributed by atoms with Crippen molar-refractivity contribution < 1.29 is 4.39 Å². The number of hydrogen-bond acceptors (Lipinski definition) is 1. The molecular weight excluding hydrogens is 295 g/mol. The van der Waals surface area contributed by atoms with Crippen LogP contribution < -0.4 is 10.6 Å². The van der Waals surface area contributed by atoms with Crippen LogP contribution in [0.5, 0.6) is 0 Å². The maximum Gasteiger partial charge on any atom is 0.171 e. The average Bonchev–Trinajstić information content (AvgIpc) is 2.43. The molecule has 0 aromatic heterocycles. The van der Waals surface area contributed by atoms with Gasteiger partial charge in [0.05, 0.1) is 0 Å². The first-order valence-electron chi connectivity index (χ1n) is 6.10. The molecule has 0 heterocycles. The lowest BCUT2D eigenvalue weighted by molar-refractivity contribution is 0.627. The van der Waals surface area contributed by atoms with Crippen LogP contribution in [0.15, 0.2) is 42.5 Å². The van der Waals surface area contributed by atoms with E-state index in [9.17, 15) is 4.39 Å². The zero-order valence-corrected chi connectivity index (χ0v) is 12.5. The second kappa shape index (κ2) is 6.68. The van der Waals surface area contributed by atoms with Gasteiger partial charge in [-0.3, -0.25) is 0 Å². The highest BCUT2D eigenvalue weighted by Crippen LogP contribution is 2.22. The normalized spacial score (nSPS) is 10.2. The maximum absolute atomic E-state index is 12.8. The number of rotatable bonds is 3. The lowest BCUT2D eigenvalue weighted by Crippen LogP contribution is -2.28. The number of nitrogens with one attached hydrogen (secondary N) is 2. The van der Waals surface area contributed by atoms with E-state index >= 15 is 0 Å². The summed E-state index contributed by atoms with van der Waals surface area (Å²) < 4.78 is 12.8. The molecule has 5 heteroatoms. The smallest absolute Gasteiger partial charge is 0.171 e. The van der Waals surface area contributed by atoms with E-state index in [1.54, 1.807) is 12.1 Å². The van der Waals surface area contributed by atoms with Gasteiger partial charge < -0.3 is 10.6 Å². The van der Waals surface area contributed by atoms with E-state index in [4.69, 9.17) is 23.8 Å². The first kappa shape index (κ1) is 14.8. The van der Waals surface area contributed by atoms with E-state index in [0.717, 1.165) is 16.8 Å². The van der Waals surface area contributed by atoms with Crippen LogP contribution in [0.3, 0.4) is 0 Å². The van der Waals surface area contributed by atoms with Crippen molar-refractivity contribution in [3.05, 3.63) is 64.4 Å². The van der Waals surface area contributed by atoms with E-state index < -0.39 is 0 Å². The molecule has 0 unspecified atom stereocenters. The van der Waals surface area contributed by atoms with Crippen LogP contribution >= 0.6 is 23.8 Å². The minimum atomic E-state index is -0.246. The van der Waals surface area contributed by atoms with Gasteiger partial charge in [0.25, 0.3) is 0 Å². The van der Waals surface area contributed by atoms with Gasteiger partial charge in [-0.25, -0.2) is 4.39 Å². The summed E-state index contributed by atoms with van der Waals surface area (Å²) in [6.07, 6.45) is 0. The zero-order chi connectivity index (χ0) is 14.5. The molecule has 0 aliphatic carbocycles. The van der Waals surface area contributed by atoms with Gasteiger partial charge in [-0.05, 0) is 54.5 Å². The van der Waals surface area contributed by atoms with Gasteiger partial charge in [-0.2, -0.15) is 0 Å². The highest BCUT2D eigenvalue weighted by atomic mass is 35.5. The monoisotopic (exact) mass is 308 g/mol. The number of thiocarbonyl (C=S) groups is 1. The Hall–Kier alpha value is -1.65. The van der Waals surface area contributed by atoms with Crippen molar-refractivity contribution in [3.8, 4) is 0 Å². The Bertz CT molecular complexity index is 614. The molecule has 104 valence electrons. The fraction of sp³-hybridized carbons (Fsp3) is 0.133. The molecule has 0 atom stereocenters. The van der Waals surface area contributed by atoms with Gasteiger partial charge in [-0.15, -0.1) is 0 Å². The van der Waals surface area contributed by atoms with Crippen LogP contribution in [0, 0.1) is 12.7 Å². The third-order valence-corrected chi connectivity index (χ3v) is 3.54. The quantitative estimate of drug-likeness (QED) is 0.828. The maximum atomic E-state index is 12.8. The Morgan fingerprint density at radius 3 is 2.60 bits per heavy atom. The molecule has 2 nitrogen and oxygen atoms in total. The highest BCUT2D eigenvalue weighted by Gasteiger charge is 2.04. The fourth-order valence-electron chi connectivity index (χ4n) is 1.69. The predicted molar refractivity (Wildman–Crippen MR) is 85.6 cm³/mol. The number of benzene rings is 2. The average molecular weight is 309 g/mol. The molecule has 0 spiro atoms. The standard InChI is InChI=1S/C15H14ClFN2S/c1-10-13(16)3-2-4-14(10)19-15(20)18-9-11-5-7-12(17)8-6-11/h2-8H,9H2,1H3,(H2,18,19,20). The van der Waals surface area contributed by atoms with Crippen molar-refractivity contribution in [2.45, 2.75) is 13.5 Å². The SMILES string of the molecule is Cc1c(Cl)cccc1NC(=S)NCc1ccc(F)cc1. The molecule has 2 N–H and O–H groups in total. The van der Waals surface area contributed by atoms with Gasteiger partial charge in [0.2, 0.25) is 0 Å². The molecule has 2 aromatic rings. The largest absolute Gasteiger partial charge is 0.358 e. The molecule has 2 rings (SSSR count). The lowest BCUT2D eigenvalue weighted by Gasteiger charge is -2.13. The molecule has 0 amide bonds. The second-order valence-electron chi connectivity index (χ2n) is 4.35. The summed E-state index contributed by atoms with van der Waals surface area (Å²) in [5.41, 5.74) is 2.77. The van der Waals surface area contributed by atoms with Crippen molar-refractivity contribution in [2.75, 3.05) is 5.32 Å². The third kappa shape index (κ3) is 3.92. The van der Waals surface area contributed by atoms with Crippen molar-refractivity contribution in [1.29, 1.82) is 0 Å². The van der Waals surface area contributed by atoms with Gasteiger partial charge in [0.1, 0.15) is 5.82 Å². The predicted octanol–water partition coefficient (Wildman–Crippen LogP) is 4.27. The molecule has 0 saturated carbocycles. The summed E-state index contributed by atoms with van der Waals surface area (Å²) in [6, 6.07) is 11.9. The van der Waals surface area contributed by atoms with Crippen LogP contribution in [0.25, 0.3) is 0 Å². The topological polar surface area (TPSA) is 24.1 Å². The first-order chi connectivity index (χ1) is 9.56. The van der Waals surface area contributed by atoms with Crippen LogP contribution in [0.1, 0.15) is 11.1 Å².